The van der Waals surface area contributed by atoms with Crippen LogP contribution in [0, 0.1) is 0 Å². The first-order valence-electron chi connectivity index (χ1n) is 7.11. The summed E-state index contributed by atoms with van der Waals surface area (Å²) >= 11 is 0. The quantitative estimate of drug-likeness (QED) is 0.747. The third-order valence-corrected chi connectivity index (χ3v) is 3.46. The van der Waals surface area contributed by atoms with Crippen LogP contribution in [0.2, 0.25) is 0 Å². The number of ether oxygens (including phenoxy) is 1. The van der Waals surface area contributed by atoms with Gasteiger partial charge in [-0.2, -0.15) is 0 Å². The predicted molar refractivity (Wildman–Crippen MR) is 79.9 cm³/mol. The van der Waals surface area contributed by atoms with Gasteiger partial charge in [-0.1, -0.05) is 19.1 Å². The molecule has 0 fully saturated rings. The Morgan fingerprint density at radius 1 is 1.55 bits per heavy atom. The first-order valence-corrected chi connectivity index (χ1v) is 7.11. The Bertz CT molecular complexity index is 485. The van der Waals surface area contributed by atoms with Gasteiger partial charge in [0, 0.05) is 12.6 Å². The molecule has 0 aromatic heterocycles. The second-order valence-electron chi connectivity index (χ2n) is 4.89. The Kier molecular flexibility index (Phi) is 5.18. The molecule has 0 aliphatic heterocycles. The maximum atomic E-state index is 11.5. The van der Waals surface area contributed by atoms with Gasteiger partial charge in [-0.15, -0.1) is 6.58 Å². The van der Waals surface area contributed by atoms with E-state index >= 15 is 0 Å². The molecule has 0 saturated carbocycles. The molecule has 0 radical (unpaired) electrons. The van der Waals surface area contributed by atoms with Gasteiger partial charge in [0.05, 0.1) is 0 Å². The summed E-state index contributed by atoms with van der Waals surface area (Å²) in [5.41, 5.74) is 2.68. The van der Waals surface area contributed by atoms with Gasteiger partial charge in [0.25, 0.3) is 5.91 Å². The van der Waals surface area contributed by atoms with Gasteiger partial charge < -0.3 is 15.4 Å². The van der Waals surface area contributed by atoms with Crippen LogP contribution in [0.25, 0.3) is 0 Å². The topological polar surface area (TPSA) is 50.4 Å². The molecule has 1 aliphatic rings. The zero-order valence-electron chi connectivity index (χ0n) is 11.9. The van der Waals surface area contributed by atoms with Crippen LogP contribution in [0.3, 0.4) is 0 Å². The van der Waals surface area contributed by atoms with E-state index in [0.29, 0.717) is 12.6 Å². The van der Waals surface area contributed by atoms with E-state index in [0.717, 1.165) is 25.1 Å². The first kappa shape index (κ1) is 14.6. The average molecular weight is 274 g/mol. The molecule has 1 atom stereocenters. The average Bonchev–Trinajstić information content (AvgIpc) is 2.86. The van der Waals surface area contributed by atoms with Crippen molar-refractivity contribution in [2.75, 3.05) is 19.7 Å². The van der Waals surface area contributed by atoms with Crippen molar-refractivity contribution >= 4 is 5.91 Å². The number of fused-ring (bicyclic) bond motifs is 1. The number of benzene rings is 1. The summed E-state index contributed by atoms with van der Waals surface area (Å²) in [6, 6.07) is 6.55. The normalized spacial score (nSPS) is 16.6. The molecule has 20 heavy (non-hydrogen) atoms. The lowest BCUT2D eigenvalue weighted by Gasteiger charge is -2.13. The van der Waals surface area contributed by atoms with E-state index < -0.39 is 0 Å². The molecule has 1 aliphatic carbocycles. The summed E-state index contributed by atoms with van der Waals surface area (Å²) < 4.78 is 5.52. The number of carbonyl (C=O) groups excluding carboxylic acids is 1. The summed E-state index contributed by atoms with van der Waals surface area (Å²) in [6.45, 7) is 7.17. The minimum Gasteiger partial charge on any atom is -0.484 e. The lowest BCUT2D eigenvalue weighted by molar-refractivity contribution is -0.122. The van der Waals surface area contributed by atoms with Crippen LogP contribution in [0.5, 0.6) is 5.75 Å². The fourth-order valence-electron chi connectivity index (χ4n) is 2.53. The number of rotatable bonds is 7. The summed E-state index contributed by atoms with van der Waals surface area (Å²) in [4.78, 5) is 11.5. The third-order valence-electron chi connectivity index (χ3n) is 3.46. The minimum atomic E-state index is -0.129. The Balaban J connectivity index is 1.92. The highest BCUT2D eigenvalue weighted by atomic mass is 16.5. The lowest BCUT2D eigenvalue weighted by atomic mass is 10.1. The molecule has 0 heterocycles. The fraction of sp³-hybridized carbons (Fsp3) is 0.438. The molecule has 1 aromatic rings. The highest BCUT2D eigenvalue weighted by Gasteiger charge is 2.21. The summed E-state index contributed by atoms with van der Waals surface area (Å²) in [5, 5.41) is 6.17. The number of carbonyl (C=O) groups is 1. The maximum Gasteiger partial charge on any atom is 0.258 e. The largest absolute Gasteiger partial charge is 0.484 e. The maximum absolute atomic E-state index is 11.5. The Morgan fingerprint density at radius 2 is 2.40 bits per heavy atom. The smallest absolute Gasteiger partial charge is 0.258 e. The standard InChI is InChI=1S/C16H22N2O2/c1-3-9-18-16(19)11-20-13-6-7-14-12(10-13)5-8-15(14)17-4-2/h3,6-7,10,15,17H,1,4-5,8-9,11H2,2H3,(H,18,19). The second-order valence-corrected chi connectivity index (χ2v) is 4.89. The van der Waals surface area contributed by atoms with E-state index in [2.05, 4.69) is 30.2 Å². The Hall–Kier alpha value is -1.81. The van der Waals surface area contributed by atoms with Gasteiger partial charge in [0.15, 0.2) is 6.61 Å². The van der Waals surface area contributed by atoms with Gasteiger partial charge in [-0.25, -0.2) is 0 Å². The summed E-state index contributed by atoms with van der Waals surface area (Å²) in [7, 11) is 0. The van der Waals surface area contributed by atoms with Crippen molar-refractivity contribution in [3.8, 4) is 5.75 Å². The van der Waals surface area contributed by atoms with Crippen molar-refractivity contribution < 1.29 is 9.53 Å². The number of hydrogen-bond donors (Lipinski definition) is 2. The molecule has 2 N–H and O–H groups in total. The van der Waals surface area contributed by atoms with E-state index in [4.69, 9.17) is 4.74 Å². The zero-order valence-corrected chi connectivity index (χ0v) is 11.9. The molecule has 1 aromatic carbocycles. The molecule has 108 valence electrons. The van der Waals surface area contributed by atoms with Gasteiger partial charge in [0.2, 0.25) is 0 Å². The van der Waals surface area contributed by atoms with Crippen molar-refractivity contribution in [2.24, 2.45) is 0 Å². The third kappa shape index (κ3) is 3.61. The molecule has 4 heteroatoms. The number of amides is 1. The molecule has 0 saturated heterocycles. The summed E-state index contributed by atoms with van der Waals surface area (Å²) in [5.74, 6) is 0.630. The SMILES string of the molecule is C=CCNC(=O)COc1ccc2c(c1)CCC2NCC. The van der Waals surface area contributed by atoms with Crippen LogP contribution >= 0.6 is 0 Å². The van der Waals surface area contributed by atoms with Crippen molar-refractivity contribution in [3.05, 3.63) is 42.0 Å². The van der Waals surface area contributed by atoms with Crippen molar-refractivity contribution in [1.29, 1.82) is 0 Å². The molecule has 1 amide bonds. The van der Waals surface area contributed by atoms with Crippen molar-refractivity contribution in [1.82, 2.24) is 10.6 Å². The van der Waals surface area contributed by atoms with E-state index in [1.807, 2.05) is 12.1 Å². The van der Waals surface area contributed by atoms with Gasteiger partial charge in [-0.05, 0) is 42.6 Å². The van der Waals surface area contributed by atoms with Crippen molar-refractivity contribution in [3.63, 3.8) is 0 Å². The fourth-order valence-corrected chi connectivity index (χ4v) is 2.53. The van der Waals surface area contributed by atoms with Crippen LogP contribution in [-0.2, 0) is 11.2 Å². The molecule has 1 unspecified atom stereocenters. The molecule has 4 nitrogen and oxygen atoms in total. The number of nitrogens with one attached hydrogen (secondary N) is 2. The highest BCUT2D eigenvalue weighted by Crippen LogP contribution is 2.33. The second kappa shape index (κ2) is 7.10. The lowest BCUT2D eigenvalue weighted by Crippen LogP contribution is -2.28. The van der Waals surface area contributed by atoms with E-state index in [1.165, 1.54) is 11.1 Å². The molecular weight excluding hydrogens is 252 g/mol. The minimum absolute atomic E-state index is 0.0449. The zero-order chi connectivity index (χ0) is 14.4. The summed E-state index contributed by atoms with van der Waals surface area (Å²) in [6.07, 6.45) is 3.84. The van der Waals surface area contributed by atoms with Gasteiger partial charge in [-0.3, -0.25) is 4.79 Å². The van der Waals surface area contributed by atoms with E-state index in [-0.39, 0.29) is 12.5 Å². The number of hydrogen-bond acceptors (Lipinski definition) is 3. The number of aryl methyl sites for hydroxylation is 1. The van der Waals surface area contributed by atoms with Crippen molar-refractivity contribution in [2.45, 2.75) is 25.8 Å². The highest BCUT2D eigenvalue weighted by molar-refractivity contribution is 5.77. The van der Waals surface area contributed by atoms with Crippen LogP contribution in [0.4, 0.5) is 0 Å². The van der Waals surface area contributed by atoms with E-state index in [9.17, 15) is 4.79 Å². The van der Waals surface area contributed by atoms with Crippen LogP contribution in [0.15, 0.2) is 30.9 Å². The first-order chi connectivity index (χ1) is 9.74. The Labute approximate surface area is 120 Å². The molecule has 0 bridgehead atoms. The van der Waals surface area contributed by atoms with Gasteiger partial charge >= 0.3 is 0 Å². The van der Waals surface area contributed by atoms with Crippen LogP contribution in [-0.4, -0.2) is 25.6 Å². The van der Waals surface area contributed by atoms with E-state index in [1.54, 1.807) is 6.08 Å². The Morgan fingerprint density at radius 3 is 3.15 bits per heavy atom. The molecular formula is C16H22N2O2. The van der Waals surface area contributed by atoms with Crippen LogP contribution < -0.4 is 15.4 Å². The molecule has 0 spiro atoms. The van der Waals surface area contributed by atoms with Crippen LogP contribution in [0.1, 0.15) is 30.5 Å². The molecule has 2 rings (SSSR count). The monoisotopic (exact) mass is 274 g/mol. The van der Waals surface area contributed by atoms with Gasteiger partial charge in [0.1, 0.15) is 5.75 Å². The predicted octanol–water partition coefficient (Wildman–Crippen LogP) is 1.96.